The van der Waals surface area contributed by atoms with Crippen molar-refractivity contribution in [1.29, 1.82) is 0 Å². The number of carbonyl (C=O) groups excluding carboxylic acids is 1. The van der Waals surface area contributed by atoms with Gasteiger partial charge in [0.2, 0.25) is 11.7 Å². The van der Waals surface area contributed by atoms with Crippen molar-refractivity contribution in [1.82, 2.24) is 20.1 Å². The SMILES string of the molecule is CC/C(C)=C(/C=C(\C(=O)NC)C1CCCC1)Oc1c(Cl)cc(-n2nc(N)c(=O)[nH]c2=O)cc1Cl. The molecule has 1 fully saturated rings. The van der Waals surface area contributed by atoms with Crippen LogP contribution in [0, 0.1) is 5.92 Å². The van der Waals surface area contributed by atoms with E-state index in [2.05, 4.69) is 15.4 Å². The normalized spacial score (nSPS) is 15.3. The van der Waals surface area contributed by atoms with E-state index in [4.69, 9.17) is 33.7 Å². The minimum absolute atomic E-state index is 0.109. The average molecular weight is 508 g/mol. The van der Waals surface area contributed by atoms with Gasteiger partial charge in [-0.3, -0.25) is 14.6 Å². The molecule has 2 aromatic rings. The zero-order valence-electron chi connectivity index (χ0n) is 19.2. The highest BCUT2D eigenvalue weighted by molar-refractivity contribution is 6.37. The Morgan fingerprint density at radius 2 is 1.91 bits per heavy atom. The van der Waals surface area contributed by atoms with Crippen LogP contribution in [-0.4, -0.2) is 27.7 Å². The lowest BCUT2D eigenvalue weighted by molar-refractivity contribution is -0.117. The van der Waals surface area contributed by atoms with E-state index in [-0.39, 0.29) is 39.1 Å². The third-order valence-electron chi connectivity index (χ3n) is 5.81. The van der Waals surface area contributed by atoms with Crippen molar-refractivity contribution in [2.24, 2.45) is 5.92 Å². The lowest BCUT2D eigenvalue weighted by Gasteiger charge is -2.18. The number of nitrogens with zero attached hydrogens (tertiary/aromatic N) is 2. The second kappa shape index (κ2) is 10.9. The molecule has 0 aliphatic heterocycles. The number of nitrogen functional groups attached to an aromatic ring is 1. The van der Waals surface area contributed by atoms with Gasteiger partial charge in [-0.1, -0.05) is 43.0 Å². The number of amides is 1. The molecule has 1 aliphatic carbocycles. The number of aromatic amines is 1. The summed E-state index contributed by atoms with van der Waals surface area (Å²) in [7, 11) is 1.61. The minimum atomic E-state index is -0.794. The maximum Gasteiger partial charge on any atom is 0.349 e. The molecule has 0 radical (unpaired) electrons. The van der Waals surface area contributed by atoms with Crippen molar-refractivity contribution in [3.05, 3.63) is 66.0 Å². The number of anilines is 1. The number of aromatic nitrogens is 3. The van der Waals surface area contributed by atoms with Crippen molar-refractivity contribution < 1.29 is 9.53 Å². The molecule has 34 heavy (non-hydrogen) atoms. The Balaban J connectivity index is 2.05. The van der Waals surface area contributed by atoms with E-state index in [9.17, 15) is 14.4 Å². The van der Waals surface area contributed by atoms with Gasteiger partial charge in [0.1, 0.15) is 5.76 Å². The lowest BCUT2D eigenvalue weighted by atomic mass is 9.95. The van der Waals surface area contributed by atoms with Crippen molar-refractivity contribution in [3.8, 4) is 11.4 Å². The second-order valence-electron chi connectivity index (χ2n) is 8.06. The van der Waals surface area contributed by atoms with Crippen LogP contribution in [0.2, 0.25) is 10.0 Å². The van der Waals surface area contributed by atoms with Gasteiger partial charge in [0.05, 0.1) is 15.7 Å². The molecule has 4 N–H and O–H groups in total. The zero-order chi connectivity index (χ0) is 25.0. The molecule has 1 amide bonds. The summed E-state index contributed by atoms with van der Waals surface area (Å²) in [5.74, 6) is 0.271. The molecule has 9 nitrogen and oxygen atoms in total. The molecule has 1 aromatic heterocycles. The minimum Gasteiger partial charge on any atom is -0.454 e. The number of benzene rings is 1. The first-order valence-electron chi connectivity index (χ1n) is 11.0. The van der Waals surface area contributed by atoms with Crippen LogP contribution >= 0.6 is 23.2 Å². The van der Waals surface area contributed by atoms with Crippen LogP contribution in [0.25, 0.3) is 5.69 Å². The highest BCUT2D eigenvalue weighted by Gasteiger charge is 2.25. The molecule has 1 heterocycles. The maximum atomic E-state index is 12.6. The van der Waals surface area contributed by atoms with E-state index in [1.165, 1.54) is 12.1 Å². The first kappa shape index (κ1) is 25.6. The fourth-order valence-corrected chi connectivity index (χ4v) is 4.32. The molecule has 1 saturated carbocycles. The van der Waals surface area contributed by atoms with E-state index >= 15 is 0 Å². The third-order valence-corrected chi connectivity index (χ3v) is 6.38. The van der Waals surface area contributed by atoms with Gasteiger partial charge in [-0.2, -0.15) is 4.68 Å². The summed E-state index contributed by atoms with van der Waals surface area (Å²) in [6, 6.07) is 2.85. The van der Waals surface area contributed by atoms with E-state index in [0.29, 0.717) is 17.8 Å². The number of hydrogen-bond acceptors (Lipinski definition) is 6. The van der Waals surface area contributed by atoms with E-state index in [1.807, 2.05) is 13.8 Å². The zero-order valence-corrected chi connectivity index (χ0v) is 20.7. The monoisotopic (exact) mass is 507 g/mol. The summed E-state index contributed by atoms with van der Waals surface area (Å²) in [5.41, 5.74) is 5.71. The number of nitrogens with one attached hydrogen (secondary N) is 2. The van der Waals surface area contributed by atoms with Crippen molar-refractivity contribution in [3.63, 3.8) is 0 Å². The molecule has 182 valence electrons. The Labute approximate surface area is 206 Å². The number of carbonyl (C=O) groups is 1. The molecule has 0 atom stereocenters. The summed E-state index contributed by atoms with van der Waals surface area (Å²) >= 11 is 13.0. The molecule has 0 unspecified atom stereocenters. The van der Waals surface area contributed by atoms with Crippen LogP contribution in [0.1, 0.15) is 46.0 Å². The summed E-state index contributed by atoms with van der Waals surface area (Å²) in [5, 5.41) is 6.72. The van der Waals surface area contributed by atoms with Crippen molar-refractivity contribution >= 4 is 34.9 Å². The molecule has 0 saturated heterocycles. The van der Waals surface area contributed by atoms with Gasteiger partial charge in [-0.25, -0.2) is 4.79 Å². The number of allylic oxidation sites excluding steroid dienone is 2. The van der Waals surface area contributed by atoms with Gasteiger partial charge in [0, 0.05) is 12.6 Å². The first-order valence-corrected chi connectivity index (χ1v) is 11.7. The summed E-state index contributed by atoms with van der Waals surface area (Å²) in [4.78, 5) is 38.4. The predicted molar refractivity (Wildman–Crippen MR) is 133 cm³/mol. The molecule has 1 aliphatic rings. The van der Waals surface area contributed by atoms with Crippen LogP contribution < -0.4 is 27.0 Å². The van der Waals surface area contributed by atoms with Crippen LogP contribution in [0.5, 0.6) is 5.75 Å². The standard InChI is InChI=1S/C23H27Cl2N5O4/c1-4-12(2)18(11-15(21(31)27-3)13-7-5-6-8-13)34-19-16(24)9-14(10-17(19)25)30-23(33)28-22(32)20(26)29-30/h9-11,13H,4-8H2,1-3H3,(H2,26,29)(H,27,31)(H,28,32,33)/b15-11-,18-12-. The summed E-state index contributed by atoms with van der Waals surface area (Å²) in [6.45, 7) is 3.89. The van der Waals surface area contributed by atoms with Gasteiger partial charge >= 0.3 is 5.69 Å². The topological polar surface area (TPSA) is 132 Å². The van der Waals surface area contributed by atoms with Crippen LogP contribution in [-0.2, 0) is 4.79 Å². The molecule has 3 rings (SSSR count). The quantitative estimate of drug-likeness (QED) is 0.297. The number of rotatable bonds is 7. The maximum absolute atomic E-state index is 12.6. The number of ether oxygens (including phenoxy) is 1. The molecule has 11 heteroatoms. The smallest absolute Gasteiger partial charge is 0.349 e. The predicted octanol–water partition coefficient (Wildman–Crippen LogP) is 3.74. The number of hydrogen-bond donors (Lipinski definition) is 3. The van der Waals surface area contributed by atoms with Gasteiger partial charge in [-0.15, -0.1) is 5.10 Å². The average Bonchev–Trinajstić information content (AvgIpc) is 3.34. The number of nitrogens with two attached hydrogens (primary N) is 1. The van der Waals surface area contributed by atoms with Gasteiger partial charge in [0.25, 0.3) is 5.56 Å². The Kier molecular flexibility index (Phi) is 8.22. The van der Waals surface area contributed by atoms with E-state index < -0.39 is 11.2 Å². The van der Waals surface area contributed by atoms with Gasteiger partial charge in [-0.05, 0) is 55.9 Å². The van der Waals surface area contributed by atoms with Crippen molar-refractivity contribution in [2.75, 3.05) is 12.8 Å². The molecular formula is C23H27Cl2N5O4. The summed E-state index contributed by atoms with van der Waals surface area (Å²) < 4.78 is 7.03. The Morgan fingerprint density at radius 1 is 1.29 bits per heavy atom. The van der Waals surface area contributed by atoms with Crippen molar-refractivity contribution in [2.45, 2.75) is 46.0 Å². The molecule has 1 aromatic carbocycles. The van der Waals surface area contributed by atoms with Gasteiger partial charge in [0.15, 0.2) is 5.75 Å². The number of H-pyrrole nitrogens is 1. The van der Waals surface area contributed by atoms with Gasteiger partial charge < -0.3 is 15.8 Å². The Bertz CT molecular complexity index is 1250. The van der Waals surface area contributed by atoms with Crippen LogP contribution in [0.4, 0.5) is 5.82 Å². The fourth-order valence-electron chi connectivity index (χ4n) is 3.77. The highest BCUT2D eigenvalue weighted by Crippen LogP contribution is 2.38. The lowest BCUT2D eigenvalue weighted by Crippen LogP contribution is -2.33. The number of likely N-dealkylation sites (N-methyl/N-ethyl adjacent to an activating group) is 1. The summed E-state index contributed by atoms with van der Waals surface area (Å²) in [6.07, 6.45) is 6.49. The van der Waals surface area contributed by atoms with Crippen LogP contribution in [0.15, 0.2) is 44.7 Å². The number of halogens is 2. The largest absolute Gasteiger partial charge is 0.454 e. The van der Waals surface area contributed by atoms with E-state index in [0.717, 1.165) is 35.9 Å². The molecule has 0 bridgehead atoms. The highest BCUT2D eigenvalue weighted by atomic mass is 35.5. The van der Waals surface area contributed by atoms with Crippen LogP contribution in [0.3, 0.4) is 0 Å². The second-order valence-corrected chi connectivity index (χ2v) is 8.87. The van der Waals surface area contributed by atoms with E-state index in [1.54, 1.807) is 13.1 Å². The third kappa shape index (κ3) is 5.53. The molecular weight excluding hydrogens is 481 g/mol. The Morgan fingerprint density at radius 3 is 2.47 bits per heavy atom. The first-order chi connectivity index (χ1) is 16.2. The Hall–Kier alpha value is -3.04. The fraction of sp³-hybridized carbons (Fsp3) is 0.391. The molecule has 0 spiro atoms.